The number of carbonyl (C=O) groups excluding carboxylic acids is 3. The van der Waals surface area contributed by atoms with Gasteiger partial charge in [-0.05, 0) is 43.3 Å². The molecule has 3 aromatic carbocycles. The van der Waals surface area contributed by atoms with Crippen LogP contribution in [0, 0.1) is 0 Å². The Bertz CT molecular complexity index is 1320. The summed E-state index contributed by atoms with van der Waals surface area (Å²) in [5.74, 6) is -1.29. The minimum atomic E-state index is -0.438. The summed E-state index contributed by atoms with van der Waals surface area (Å²) in [6.07, 6.45) is 0. The zero-order chi connectivity index (χ0) is 20.8. The van der Waals surface area contributed by atoms with Crippen molar-refractivity contribution in [3.05, 3.63) is 77.9 Å². The van der Waals surface area contributed by atoms with Gasteiger partial charge < -0.3 is 9.88 Å². The van der Waals surface area contributed by atoms with Gasteiger partial charge in [0.15, 0.2) is 0 Å². The van der Waals surface area contributed by atoms with Gasteiger partial charge in [0.1, 0.15) is 6.54 Å². The average molecular weight is 397 g/mol. The zero-order valence-corrected chi connectivity index (χ0v) is 16.4. The summed E-state index contributed by atoms with van der Waals surface area (Å²) >= 11 is 0. The van der Waals surface area contributed by atoms with Crippen molar-refractivity contribution in [2.45, 2.75) is 13.5 Å². The van der Waals surface area contributed by atoms with Crippen LogP contribution in [0.4, 0.5) is 5.69 Å². The van der Waals surface area contributed by atoms with Crippen LogP contribution in [0.1, 0.15) is 27.6 Å². The van der Waals surface area contributed by atoms with E-state index in [-0.39, 0.29) is 6.54 Å². The molecule has 1 aromatic heterocycles. The third kappa shape index (κ3) is 2.69. The number of carbonyl (C=O) groups is 3. The lowest BCUT2D eigenvalue weighted by Crippen LogP contribution is -2.37. The minimum absolute atomic E-state index is 0.318. The quantitative estimate of drug-likeness (QED) is 0.528. The van der Waals surface area contributed by atoms with Crippen molar-refractivity contribution in [3.8, 4) is 0 Å². The number of fused-ring (bicyclic) bond motifs is 4. The smallest absolute Gasteiger partial charge is 0.262 e. The van der Waals surface area contributed by atoms with E-state index in [1.807, 2.05) is 30.3 Å². The van der Waals surface area contributed by atoms with Crippen molar-refractivity contribution < 1.29 is 14.4 Å². The van der Waals surface area contributed by atoms with Crippen LogP contribution in [0.3, 0.4) is 0 Å². The van der Waals surface area contributed by atoms with E-state index >= 15 is 0 Å². The first-order valence-electron chi connectivity index (χ1n) is 9.84. The SMILES string of the molecule is CCn1c2ccccc2c2cc(NC(=O)CN3C(=O)c4ccccc4C3=O)ccc21. The summed E-state index contributed by atoms with van der Waals surface area (Å²) in [4.78, 5) is 38.5. The summed E-state index contributed by atoms with van der Waals surface area (Å²) in [5.41, 5.74) is 3.54. The maximum absolute atomic E-state index is 12.6. The molecule has 148 valence electrons. The third-order valence-electron chi connectivity index (χ3n) is 5.55. The zero-order valence-electron chi connectivity index (χ0n) is 16.4. The number of nitrogens with zero attached hydrogens (tertiary/aromatic N) is 2. The van der Waals surface area contributed by atoms with Gasteiger partial charge in [0.2, 0.25) is 5.91 Å². The highest BCUT2D eigenvalue weighted by Gasteiger charge is 2.36. The Hall–Kier alpha value is -3.93. The summed E-state index contributed by atoms with van der Waals surface area (Å²) in [6, 6.07) is 20.5. The van der Waals surface area contributed by atoms with Crippen LogP contribution in [0.2, 0.25) is 0 Å². The van der Waals surface area contributed by atoms with E-state index in [1.165, 1.54) is 0 Å². The molecule has 6 nitrogen and oxygen atoms in total. The number of benzene rings is 3. The van der Waals surface area contributed by atoms with Gasteiger partial charge in [-0.25, -0.2) is 0 Å². The van der Waals surface area contributed by atoms with Gasteiger partial charge in [0.05, 0.1) is 11.1 Å². The van der Waals surface area contributed by atoms with Gasteiger partial charge in [-0.1, -0.05) is 30.3 Å². The molecule has 3 amide bonds. The fraction of sp³-hybridized carbons (Fsp3) is 0.125. The van der Waals surface area contributed by atoms with Crippen LogP contribution in [-0.2, 0) is 11.3 Å². The number of aryl methyl sites for hydroxylation is 1. The van der Waals surface area contributed by atoms with Crippen molar-refractivity contribution in [3.63, 3.8) is 0 Å². The lowest BCUT2D eigenvalue weighted by atomic mass is 10.1. The van der Waals surface area contributed by atoms with Crippen LogP contribution in [0.25, 0.3) is 21.8 Å². The molecule has 0 unspecified atom stereocenters. The second kappa shape index (κ2) is 6.84. The van der Waals surface area contributed by atoms with Crippen molar-refractivity contribution >= 4 is 45.2 Å². The molecule has 0 spiro atoms. The van der Waals surface area contributed by atoms with Gasteiger partial charge in [0.25, 0.3) is 11.8 Å². The second-order valence-electron chi connectivity index (χ2n) is 7.28. The van der Waals surface area contributed by atoms with Gasteiger partial charge in [-0.2, -0.15) is 0 Å². The summed E-state index contributed by atoms with van der Waals surface area (Å²) in [5, 5.41) is 4.99. The third-order valence-corrected chi connectivity index (χ3v) is 5.55. The highest BCUT2D eigenvalue weighted by molar-refractivity contribution is 6.22. The average Bonchev–Trinajstić information content (AvgIpc) is 3.21. The van der Waals surface area contributed by atoms with E-state index in [9.17, 15) is 14.4 Å². The molecule has 30 heavy (non-hydrogen) atoms. The molecule has 2 heterocycles. The molecular formula is C24H19N3O3. The molecule has 1 aliphatic rings. The molecular weight excluding hydrogens is 378 g/mol. The van der Waals surface area contributed by atoms with E-state index in [4.69, 9.17) is 0 Å². The number of aromatic nitrogens is 1. The Morgan fingerprint density at radius 3 is 2.17 bits per heavy atom. The van der Waals surface area contributed by atoms with Crippen molar-refractivity contribution in [2.24, 2.45) is 0 Å². The molecule has 5 rings (SSSR count). The predicted molar refractivity (Wildman–Crippen MR) is 116 cm³/mol. The maximum atomic E-state index is 12.6. The van der Waals surface area contributed by atoms with E-state index < -0.39 is 17.7 Å². The van der Waals surface area contributed by atoms with Crippen LogP contribution in [-0.4, -0.2) is 33.7 Å². The second-order valence-corrected chi connectivity index (χ2v) is 7.28. The number of rotatable bonds is 4. The van der Waals surface area contributed by atoms with E-state index in [0.29, 0.717) is 16.8 Å². The van der Waals surface area contributed by atoms with Gasteiger partial charge in [-0.3, -0.25) is 19.3 Å². The summed E-state index contributed by atoms with van der Waals surface area (Å²) in [7, 11) is 0. The molecule has 0 bridgehead atoms. The monoisotopic (exact) mass is 397 g/mol. The largest absolute Gasteiger partial charge is 0.341 e. The number of anilines is 1. The topological polar surface area (TPSA) is 71.4 Å². The number of imide groups is 1. The number of hydrogen-bond acceptors (Lipinski definition) is 3. The van der Waals surface area contributed by atoms with Crippen LogP contribution in [0.15, 0.2) is 66.7 Å². The van der Waals surface area contributed by atoms with E-state index in [1.54, 1.807) is 24.3 Å². The van der Waals surface area contributed by atoms with Crippen LogP contribution < -0.4 is 5.32 Å². The molecule has 4 aromatic rings. The predicted octanol–water partition coefficient (Wildman–Crippen LogP) is 4.05. The summed E-state index contributed by atoms with van der Waals surface area (Å²) < 4.78 is 2.23. The number of amides is 3. The molecule has 0 aliphatic carbocycles. The Kier molecular flexibility index (Phi) is 4.13. The first-order valence-corrected chi connectivity index (χ1v) is 9.84. The molecule has 1 N–H and O–H groups in total. The first-order chi connectivity index (χ1) is 14.6. The molecule has 0 fully saturated rings. The van der Waals surface area contributed by atoms with Gasteiger partial charge in [-0.15, -0.1) is 0 Å². The van der Waals surface area contributed by atoms with Crippen molar-refractivity contribution in [1.29, 1.82) is 0 Å². The van der Waals surface area contributed by atoms with Crippen molar-refractivity contribution in [1.82, 2.24) is 9.47 Å². The van der Waals surface area contributed by atoms with Crippen LogP contribution in [0.5, 0.6) is 0 Å². The highest BCUT2D eigenvalue weighted by Crippen LogP contribution is 2.31. The lowest BCUT2D eigenvalue weighted by molar-refractivity contribution is -0.116. The van der Waals surface area contributed by atoms with Crippen molar-refractivity contribution in [2.75, 3.05) is 11.9 Å². The molecule has 6 heteroatoms. The number of para-hydroxylation sites is 1. The molecule has 0 saturated carbocycles. The highest BCUT2D eigenvalue weighted by atomic mass is 16.2. The van der Waals surface area contributed by atoms with E-state index in [2.05, 4.69) is 28.9 Å². The summed E-state index contributed by atoms with van der Waals surface area (Å²) in [6.45, 7) is 2.63. The minimum Gasteiger partial charge on any atom is -0.341 e. The Morgan fingerprint density at radius 1 is 0.833 bits per heavy atom. The van der Waals surface area contributed by atoms with Gasteiger partial charge >= 0.3 is 0 Å². The fourth-order valence-electron chi connectivity index (χ4n) is 4.20. The fourth-order valence-corrected chi connectivity index (χ4v) is 4.20. The first kappa shape index (κ1) is 18.1. The Balaban J connectivity index is 1.41. The normalized spacial score (nSPS) is 13.3. The molecule has 0 atom stereocenters. The Morgan fingerprint density at radius 2 is 1.47 bits per heavy atom. The molecule has 1 aliphatic heterocycles. The lowest BCUT2D eigenvalue weighted by Gasteiger charge is -2.13. The molecule has 0 radical (unpaired) electrons. The van der Waals surface area contributed by atoms with E-state index in [0.717, 1.165) is 33.3 Å². The standard InChI is InChI=1S/C24H19N3O3/c1-2-26-20-10-6-5-7-16(20)19-13-15(11-12-21(19)26)25-22(28)14-27-23(29)17-8-3-4-9-18(17)24(27)30/h3-13H,2,14H2,1H3,(H,25,28). The molecule has 0 saturated heterocycles. The Labute approximate surface area is 172 Å². The van der Waals surface area contributed by atoms with Gasteiger partial charge in [0, 0.05) is 34.0 Å². The maximum Gasteiger partial charge on any atom is 0.262 e. The number of nitrogens with one attached hydrogen (secondary N) is 1. The van der Waals surface area contributed by atoms with Crippen LogP contribution >= 0.6 is 0 Å². The number of hydrogen-bond donors (Lipinski definition) is 1.